The second-order valence-corrected chi connectivity index (χ2v) is 8.18. The predicted octanol–water partition coefficient (Wildman–Crippen LogP) is 3.49. The summed E-state index contributed by atoms with van der Waals surface area (Å²) < 4.78 is 5.17. The Balaban J connectivity index is 0.000000244. The van der Waals surface area contributed by atoms with E-state index in [-0.39, 0.29) is 23.9 Å². The molecule has 6 nitrogen and oxygen atoms in total. The minimum atomic E-state index is -0.854. The van der Waals surface area contributed by atoms with E-state index in [4.69, 9.17) is 10.5 Å². The summed E-state index contributed by atoms with van der Waals surface area (Å²) in [6.07, 6.45) is 4.19. The van der Waals surface area contributed by atoms with Crippen LogP contribution in [0.3, 0.4) is 0 Å². The predicted molar refractivity (Wildman–Crippen MR) is 104 cm³/mol. The largest absolute Gasteiger partial charge is 0.481 e. The van der Waals surface area contributed by atoms with Crippen LogP contribution in [0.1, 0.15) is 45.7 Å². The van der Waals surface area contributed by atoms with E-state index in [2.05, 4.69) is 5.32 Å². The molecule has 1 saturated carbocycles. The third kappa shape index (κ3) is 5.82. The number of fused-ring (bicyclic) bond motifs is 2. The molecule has 1 fully saturated rings. The number of carboxylic acids is 1. The number of aliphatic carboxylic acids is 1. The van der Waals surface area contributed by atoms with E-state index >= 15 is 0 Å². The van der Waals surface area contributed by atoms with Crippen LogP contribution >= 0.6 is 0 Å². The van der Waals surface area contributed by atoms with Crippen LogP contribution in [0.25, 0.3) is 0 Å². The third-order valence-electron chi connectivity index (χ3n) is 4.75. The molecule has 0 aliphatic heterocycles. The highest BCUT2D eigenvalue weighted by Gasteiger charge is 2.49. The number of carbonyl (C=O) groups excluding carboxylic acids is 1. The maximum Gasteiger partial charge on any atom is 0.407 e. The Morgan fingerprint density at radius 1 is 1.19 bits per heavy atom. The molecule has 1 amide bonds. The number of ether oxygens (including phenoxy) is 1. The molecule has 148 valence electrons. The van der Waals surface area contributed by atoms with Crippen molar-refractivity contribution >= 4 is 12.1 Å². The Bertz CT molecular complexity index is 679. The van der Waals surface area contributed by atoms with Gasteiger partial charge in [-0.3, -0.25) is 4.79 Å². The molecule has 0 saturated heterocycles. The van der Waals surface area contributed by atoms with Crippen LogP contribution in [0.4, 0.5) is 4.79 Å². The standard InChI is InChI=1S/C13H19NO4.C8H11N/c1-13(2,3)18-12(17)14-10-8-5-4-7(6-8)9(10)11(15)16;1-7(9)8-5-3-2-4-6-8/h4-5,7-10H,6H2,1-3H3,(H,14,17)(H,15,16);2-7H,9H2,1H3/t7-,8+,9+,10-;7-/m11/s1. The van der Waals surface area contributed by atoms with E-state index < -0.39 is 23.6 Å². The number of amides is 1. The molecule has 1 aromatic rings. The summed E-state index contributed by atoms with van der Waals surface area (Å²) in [6, 6.07) is 9.86. The fourth-order valence-corrected chi connectivity index (χ4v) is 3.56. The van der Waals surface area contributed by atoms with Crippen LogP contribution < -0.4 is 11.1 Å². The van der Waals surface area contributed by atoms with Gasteiger partial charge < -0.3 is 20.9 Å². The van der Waals surface area contributed by atoms with Gasteiger partial charge in [-0.1, -0.05) is 42.5 Å². The topological polar surface area (TPSA) is 102 Å². The summed E-state index contributed by atoms with van der Waals surface area (Å²) in [7, 11) is 0. The van der Waals surface area contributed by atoms with Crippen LogP contribution in [-0.4, -0.2) is 28.8 Å². The number of nitrogens with two attached hydrogens (primary N) is 1. The van der Waals surface area contributed by atoms with E-state index in [9.17, 15) is 14.7 Å². The SMILES string of the molecule is CC(C)(C)OC(=O)N[C@H]1[C@@H](C(=O)O)[C@@H]2C=C[C@H]1C2.C[C@@H](N)c1ccccc1. The summed E-state index contributed by atoms with van der Waals surface area (Å²) in [4.78, 5) is 23.0. The lowest BCUT2D eigenvalue weighted by Crippen LogP contribution is -2.47. The zero-order chi connectivity index (χ0) is 20.2. The van der Waals surface area contributed by atoms with Crippen molar-refractivity contribution < 1.29 is 19.4 Å². The van der Waals surface area contributed by atoms with Crippen molar-refractivity contribution in [3.63, 3.8) is 0 Å². The van der Waals surface area contributed by atoms with Crippen LogP contribution in [0.15, 0.2) is 42.5 Å². The number of rotatable bonds is 3. The first-order chi connectivity index (χ1) is 12.6. The third-order valence-corrected chi connectivity index (χ3v) is 4.75. The summed E-state index contributed by atoms with van der Waals surface area (Å²) in [6.45, 7) is 7.32. The molecule has 0 unspecified atom stereocenters. The molecular weight excluding hydrogens is 344 g/mol. The van der Waals surface area contributed by atoms with E-state index in [1.54, 1.807) is 20.8 Å². The second-order valence-electron chi connectivity index (χ2n) is 8.18. The summed E-state index contributed by atoms with van der Waals surface area (Å²) >= 11 is 0. The molecule has 6 heteroatoms. The van der Waals surface area contributed by atoms with Crippen LogP contribution in [0.2, 0.25) is 0 Å². The highest BCUT2D eigenvalue weighted by Crippen LogP contribution is 2.43. The van der Waals surface area contributed by atoms with Gasteiger partial charge in [-0.15, -0.1) is 0 Å². The lowest BCUT2D eigenvalue weighted by molar-refractivity contribution is -0.143. The maximum atomic E-state index is 11.7. The van der Waals surface area contributed by atoms with Gasteiger partial charge in [0.2, 0.25) is 0 Å². The number of allylic oxidation sites excluding steroid dienone is 1. The van der Waals surface area contributed by atoms with Crippen molar-refractivity contribution in [1.82, 2.24) is 5.32 Å². The van der Waals surface area contributed by atoms with E-state index in [0.29, 0.717) is 0 Å². The van der Waals surface area contributed by atoms with E-state index in [0.717, 1.165) is 6.42 Å². The maximum absolute atomic E-state index is 11.7. The molecule has 0 aromatic heterocycles. The molecule has 2 bridgehead atoms. The first-order valence-electron chi connectivity index (χ1n) is 9.29. The van der Waals surface area contributed by atoms with E-state index in [1.165, 1.54) is 5.56 Å². The number of hydrogen-bond acceptors (Lipinski definition) is 4. The van der Waals surface area contributed by atoms with E-state index in [1.807, 2.05) is 49.4 Å². The number of carboxylic acid groups (broad SMARTS) is 1. The molecule has 1 aromatic carbocycles. The highest BCUT2D eigenvalue weighted by atomic mass is 16.6. The van der Waals surface area contributed by atoms with Crippen molar-refractivity contribution in [2.45, 2.75) is 51.8 Å². The van der Waals surface area contributed by atoms with Gasteiger partial charge in [0, 0.05) is 6.04 Å². The molecule has 4 N–H and O–H groups in total. The van der Waals surface area contributed by atoms with Crippen molar-refractivity contribution in [3.8, 4) is 0 Å². The lowest BCUT2D eigenvalue weighted by atomic mass is 9.89. The fraction of sp³-hybridized carbons (Fsp3) is 0.524. The van der Waals surface area contributed by atoms with Gasteiger partial charge in [0.15, 0.2) is 0 Å². The second kappa shape index (κ2) is 8.57. The monoisotopic (exact) mass is 374 g/mol. The number of benzene rings is 1. The van der Waals surface area contributed by atoms with Crippen molar-refractivity contribution in [2.75, 3.05) is 0 Å². The molecule has 0 radical (unpaired) electrons. The number of carbonyl (C=O) groups is 2. The normalized spacial score (nSPS) is 26.7. The number of nitrogens with one attached hydrogen (secondary N) is 1. The Morgan fingerprint density at radius 3 is 2.26 bits per heavy atom. The molecule has 0 heterocycles. The molecule has 0 spiro atoms. The molecule has 3 rings (SSSR count). The van der Waals surface area contributed by atoms with Crippen molar-refractivity contribution in [2.24, 2.45) is 23.5 Å². The smallest absolute Gasteiger partial charge is 0.407 e. The fourth-order valence-electron chi connectivity index (χ4n) is 3.56. The molecule has 2 aliphatic carbocycles. The van der Waals surface area contributed by atoms with Crippen LogP contribution in [0.5, 0.6) is 0 Å². The minimum absolute atomic E-state index is 0.0347. The van der Waals surface area contributed by atoms with Gasteiger partial charge in [-0.25, -0.2) is 4.79 Å². The van der Waals surface area contributed by atoms with Crippen LogP contribution in [-0.2, 0) is 9.53 Å². The molecule has 2 aliphatic rings. The number of alkyl carbamates (subject to hydrolysis) is 1. The average Bonchev–Trinajstić information content (AvgIpc) is 3.15. The first-order valence-corrected chi connectivity index (χ1v) is 9.29. The van der Waals surface area contributed by atoms with Gasteiger partial charge in [0.1, 0.15) is 5.60 Å². The Morgan fingerprint density at radius 2 is 1.78 bits per heavy atom. The zero-order valence-electron chi connectivity index (χ0n) is 16.4. The summed E-state index contributed by atoms with van der Waals surface area (Å²) in [5.74, 6) is -1.24. The lowest BCUT2D eigenvalue weighted by Gasteiger charge is -2.27. The average molecular weight is 374 g/mol. The van der Waals surface area contributed by atoms with Crippen LogP contribution in [0, 0.1) is 17.8 Å². The summed E-state index contributed by atoms with van der Waals surface area (Å²) in [5, 5.41) is 11.9. The summed E-state index contributed by atoms with van der Waals surface area (Å²) in [5.41, 5.74) is 6.23. The first kappa shape index (κ1) is 21.0. The van der Waals surface area contributed by atoms with Crippen molar-refractivity contribution in [3.05, 3.63) is 48.0 Å². The van der Waals surface area contributed by atoms with Gasteiger partial charge in [-0.05, 0) is 51.5 Å². The Labute approximate surface area is 160 Å². The number of hydrogen-bond donors (Lipinski definition) is 3. The van der Waals surface area contributed by atoms with Gasteiger partial charge >= 0.3 is 12.1 Å². The molecule has 27 heavy (non-hydrogen) atoms. The molecule has 5 atom stereocenters. The quantitative estimate of drug-likeness (QED) is 0.703. The highest BCUT2D eigenvalue weighted by molar-refractivity contribution is 5.75. The van der Waals surface area contributed by atoms with Gasteiger partial charge in [0.05, 0.1) is 12.0 Å². The van der Waals surface area contributed by atoms with Gasteiger partial charge in [0.25, 0.3) is 0 Å². The molecular formula is C21H30N2O4. The van der Waals surface area contributed by atoms with Gasteiger partial charge in [-0.2, -0.15) is 0 Å². The zero-order valence-corrected chi connectivity index (χ0v) is 16.4. The minimum Gasteiger partial charge on any atom is -0.481 e. The Kier molecular flexibility index (Phi) is 6.65. The Hall–Kier alpha value is -2.34. The van der Waals surface area contributed by atoms with Crippen molar-refractivity contribution in [1.29, 1.82) is 0 Å².